The highest BCUT2D eigenvalue weighted by Crippen LogP contribution is 2.46. The summed E-state index contributed by atoms with van der Waals surface area (Å²) in [6.45, 7) is 4.43. The van der Waals surface area contributed by atoms with Gasteiger partial charge in [-0.05, 0) is 42.2 Å². The van der Waals surface area contributed by atoms with E-state index in [9.17, 15) is 9.90 Å². The molecular formula is C14H19NO2. The van der Waals surface area contributed by atoms with Gasteiger partial charge >= 0.3 is 5.97 Å². The highest BCUT2D eigenvalue weighted by atomic mass is 16.4. The molecule has 1 aliphatic rings. The number of aromatic nitrogens is 1. The van der Waals surface area contributed by atoms with Gasteiger partial charge in [0, 0.05) is 12.4 Å². The van der Waals surface area contributed by atoms with Gasteiger partial charge in [-0.2, -0.15) is 0 Å². The number of aliphatic carboxylic acids is 1. The molecule has 2 unspecified atom stereocenters. The van der Waals surface area contributed by atoms with Crippen LogP contribution >= 0.6 is 0 Å². The van der Waals surface area contributed by atoms with Gasteiger partial charge in [0.05, 0.1) is 5.92 Å². The molecule has 1 aromatic rings. The van der Waals surface area contributed by atoms with E-state index in [1.807, 2.05) is 18.3 Å². The summed E-state index contributed by atoms with van der Waals surface area (Å²) in [5.41, 5.74) is 1.29. The van der Waals surface area contributed by atoms with Crippen molar-refractivity contribution in [3.8, 4) is 0 Å². The number of carbonyl (C=O) groups is 1. The van der Waals surface area contributed by atoms with E-state index >= 15 is 0 Å². The van der Waals surface area contributed by atoms with Crippen LogP contribution in [0.25, 0.3) is 0 Å². The summed E-state index contributed by atoms with van der Waals surface area (Å²) in [6, 6.07) is 3.88. The summed E-state index contributed by atoms with van der Waals surface area (Å²) in [7, 11) is 0. The van der Waals surface area contributed by atoms with E-state index in [4.69, 9.17) is 0 Å². The number of pyridine rings is 1. The van der Waals surface area contributed by atoms with Crippen LogP contribution in [0.2, 0.25) is 0 Å². The number of nitrogens with zero attached hydrogens (tertiary/aromatic N) is 1. The molecule has 0 amide bonds. The van der Waals surface area contributed by atoms with Crippen molar-refractivity contribution in [2.75, 3.05) is 0 Å². The molecule has 1 aliphatic carbocycles. The Morgan fingerprint density at radius 1 is 1.53 bits per heavy atom. The van der Waals surface area contributed by atoms with Crippen LogP contribution in [0.4, 0.5) is 0 Å². The predicted octanol–water partition coefficient (Wildman–Crippen LogP) is 3.08. The maximum Gasteiger partial charge on any atom is 0.307 e. The summed E-state index contributed by atoms with van der Waals surface area (Å²) in [5.74, 6) is -0.827. The third kappa shape index (κ3) is 2.65. The van der Waals surface area contributed by atoms with E-state index in [-0.39, 0.29) is 17.3 Å². The Bertz CT molecular complexity index is 400. The van der Waals surface area contributed by atoms with Crippen molar-refractivity contribution >= 4 is 5.97 Å². The lowest BCUT2D eigenvalue weighted by molar-refractivity contribution is -0.144. The van der Waals surface area contributed by atoms with E-state index < -0.39 is 5.97 Å². The second kappa shape index (κ2) is 4.47. The van der Waals surface area contributed by atoms with Gasteiger partial charge in [0.15, 0.2) is 0 Å². The molecule has 2 atom stereocenters. The van der Waals surface area contributed by atoms with E-state index in [1.165, 1.54) is 0 Å². The lowest BCUT2D eigenvalue weighted by Gasteiger charge is -2.39. The van der Waals surface area contributed by atoms with Crippen LogP contribution in [0.5, 0.6) is 0 Å². The van der Waals surface area contributed by atoms with Crippen molar-refractivity contribution in [3.63, 3.8) is 0 Å². The van der Waals surface area contributed by atoms with Gasteiger partial charge < -0.3 is 5.11 Å². The smallest absolute Gasteiger partial charge is 0.307 e. The Morgan fingerprint density at radius 2 is 2.29 bits per heavy atom. The molecular weight excluding hydrogens is 214 g/mol. The monoisotopic (exact) mass is 233 g/mol. The van der Waals surface area contributed by atoms with Crippen LogP contribution in [0.15, 0.2) is 24.5 Å². The fraction of sp³-hybridized carbons (Fsp3) is 0.571. The van der Waals surface area contributed by atoms with E-state index in [0.717, 1.165) is 24.8 Å². The molecule has 1 N–H and O–H groups in total. The minimum absolute atomic E-state index is 0.102. The average Bonchev–Trinajstić information content (AvgIpc) is 2.28. The van der Waals surface area contributed by atoms with Crippen LogP contribution in [0.1, 0.15) is 44.6 Å². The number of hydrogen-bond acceptors (Lipinski definition) is 2. The van der Waals surface area contributed by atoms with Crippen molar-refractivity contribution in [1.82, 2.24) is 4.98 Å². The number of hydrogen-bond donors (Lipinski definition) is 1. The predicted molar refractivity (Wildman–Crippen MR) is 65.7 cm³/mol. The number of carboxylic acids is 1. The van der Waals surface area contributed by atoms with Crippen LogP contribution in [-0.2, 0) is 4.79 Å². The highest BCUT2D eigenvalue weighted by Gasteiger charge is 2.39. The maximum absolute atomic E-state index is 11.3. The first-order valence-electron chi connectivity index (χ1n) is 6.12. The van der Waals surface area contributed by atoms with E-state index in [1.54, 1.807) is 6.20 Å². The SMILES string of the molecule is CC1(C)CCC(C(=O)O)C(c2cccnc2)C1. The molecule has 0 aromatic carbocycles. The van der Waals surface area contributed by atoms with Crippen LogP contribution < -0.4 is 0 Å². The summed E-state index contributed by atoms with van der Waals surface area (Å²) < 4.78 is 0. The molecule has 2 rings (SSSR count). The Balaban J connectivity index is 2.29. The number of rotatable bonds is 2. The molecule has 3 nitrogen and oxygen atoms in total. The van der Waals surface area contributed by atoms with Crippen molar-refractivity contribution in [2.24, 2.45) is 11.3 Å². The first-order chi connectivity index (χ1) is 7.99. The van der Waals surface area contributed by atoms with Gasteiger partial charge in [-0.3, -0.25) is 9.78 Å². The normalized spacial score (nSPS) is 27.6. The van der Waals surface area contributed by atoms with Gasteiger partial charge in [0.1, 0.15) is 0 Å². The van der Waals surface area contributed by atoms with Gasteiger partial charge in [-0.1, -0.05) is 19.9 Å². The van der Waals surface area contributed by atoms with Crippen molar-refractivity contribution in [2.45, 2.75) is 39.0 Å². The van der Waals surface area contributed by atoms with E-state index in [2.05, 4.69) is 18.8 Å². The molecule has 92 valence electrons. The molecule has 1 aromatic heterocycles. The van der Waals surface area contributed by atoms with Crippen LogP contribution in [0.3, 0.4) is 0 Å². The molecule has 0 saturated heterocycles. The average molecular weight is 233 g/mol. The molecule has 1 fully saturated rings. The Kier molecular flexibility index (Phi) is 3.18. The van der Waals surface area contributed by atoms with Gasteiger partial charge in [0.2, 0.25) is 0 Å². The Morgan fingerprint density at radius 3 is 2.88 bits per heavy atom. The quantitative estimate of drug-likeness (QED) is 0.854. The van der Waals surface area contributed by atoms with Crippen molar-refractivity contribution in [3.05, 3.63) is 30.1 Å². The molecule has 0 aliphatic heterocycles. The summed E-state index contributed by atoms with van der Waals surface area (Å²) >= 11 is 0. The summed E-state index contributed by atoms with van der Waals surface area (Å²) in [6.07, 6.45) is 6.22. The van der Waals surface area contributed by atoms with Crippen molar-refractivity contribution < 1.29 is 9.90 Å². The molecule has 0 radical (unpaired) electrons. The maximum atomic E-state index is 11.3. The lowest BCUT2D eigenvalue weighted by atomic mass is 9.65. The lowest BCUT2D eigenvalue weighted by Crippen LogP contribution is -2.33. The summed E-state index contributed by atoms with van der Waals surface area (Å²) in [4.78, 5) is 15.4. The second-order valence-electron chi connectivity index (χ2n) is 5.74. The fourth-order valence-electron chi connectivity index (χ4n) is 2.83. The topological polar surface area (TPSA) is 50.2 Å². The van der Waals surface area contributed by atoms with Gasteiger partial charge in [-0.15, -0.1) is 0 Å². The van der Waals surface area contributed by atoms with E-state index in [0.29, 0.717) is 0 Å². The van der Waals surface area contributed by atoms with Crippen LogP contribution in [-0.4, -0.2) is 16.1 Å². The standard InChI is InChI=1S/C14H19NO2/c1-14(2)6-5-11(13(16)17)12(8-14)10-4-3-7-15-9-10/h3-4,7,9,11-12H,5-6,8H2,1-2H3,(H,16,17). The van der Waals surface area contributed by atoms with Gasteiger partial charge in [0.25, 0.3) is 0 Å². The first kappa shape index (κ1) is 12.1. The molecule has 0 bridgehead atoms. The molecule has 17 heavy (non-hydrogen) atoms. The van der Waals surface area contributed by atoms with Gasteiger partial charge in [-0.25, -0.2) is 0 Å². The second-order valence-corrected chi connectivity index (χ2v) is 5.74. The largest absolute Gasteiger partial charge is 0.481 e. The third-order valence-corrected chi connectivity index (χ3v) is 3.82. The zero-order chi connectivity index (χ0) is 12.5. The fourth-order valence-corrected chi connectivity index (χ4v) is 2.83. The zero-order valence-corrected chi connectivity index (χ0v) is 10.4. The minimum Gasteiger partial charge on any atom is -0.481 e. The van der Waals surface area contributed by atoms with Crippen molar-refractivity contribution in [1.29, 1.82) is 0 Å². The molecule has 3 heteroatoms. The third-order valence-electron chi connectivity index (χ3n) is 3.82. The first-order valence-corrected chi connectivity index (χ1v) is 6.12. The molecule has 1 heterocycles. The Hall–Kier alpha value is -1.38. The number of carboxylic acid groups (broad SMARTS) is 1. The van der Waals surface area contributed by atoms with Crippen LogP contribution in [0, 0.1) is 11.3 Å². The Labute approximate surface area is 102 Å². The zero-order valence-electron chi connectivity index (χ0n) is 10.4. The molecule has 1 saturated carbocycles. The minimum atomic E-state index is -0.672. The molecule has 0 spiro atoms. The highest BCUT2D eigenvalue weighted by molar-refractivity contribution is 5.71. The summed E-state index contributed by atoms with van der Waals surface area (Å²) in [5, 5.41) is 9.32.